The highest BCUT2D eigenvalue weighted by Gasteiger charge is 2.28. The van der Waals surface area contributed by atoms with Gasteiger partial charge in [0.15, 0.2) is 11.5 Å². The van der Waals surface area contributed by atoms with Crippen LogP contribution in [0.25, 0.3) is 11.3 Å². The van der Waals surface area contributed by atoms with Crippen molar-refractivity contribution in [2.75, 3.05) is 13.1 Å². The van der Waals surface area contributed by atoms with Crippen molar-refractivity contribution in [3.63, 3.8) is 0 Å². The summed E-state index contributed by atoms with van der Waals surface area (Å²) in [6, 6.07) is 13.0. The van der Waals surface area contributed by atoms with Crippen LogP contribution in [-0.2, 0) is 0 Å². The second kappa shape index (κ2) is 7.80. The largest absolute Gasteiger partial charge is 0.487 e. The average molecular weight is 384 g/mol. The van der Waals surface area contributed by atoms with Gasteiger partial charge in [-0.25, -0.2) is 0 Å². The standard InChI is InChI=1S/C20H18ClN3O3/c21-16-12-22-9-8-18(16)26-15-7-4-10-24(13-15)20(25)17-11-19(27-23-17)14-5-2-1-3-6-14/h1-3,5-6,8-9,11-12,15H,4,7,10,13H2/t15-/m1/s1. The van der Waals surface area contributed by atoms with Crippen molar-refractivity contribution in [1.29, 1.82) is 0 Å². The number of rotatable bonds is 4. The molecule has 27 heavy (non-hydrogen) atoms. The molecule has 0 N–H and O–H groups in total. The molecule has 138 valence electrons. The van der Waals surface area contributed by atoms with Crippen molar-refractivity contribution >= 4 is 17.5 Å². The first-order valence-electron chi connectivity index (χ1n) is 8.78. The molecule has 1 aliphatic rings. The lowest BCUT2D eigenvalue weighted by Gasteiger charge is -2.32. The van der Waals surface area contributed by atoms with Crippen molar-refractivity contribution in [2.45, 2.75) is 18.9 Å². The van der Waals surface area contributed by atoms with Gasteiger partial charge in [0, 0.05) is 36.6 Å². The number of hydrogen-bond acceptors (Lipinski definition) is 5. The van der Waals surface area contributed by atoms with Crippen LogP contribution >= 0.6 is 11.6 Å². The highest BCUT2D eigenvalue weighted by molar-refractivity contribution is 6.31. The Bertz CT molecular complexity index is 929. The molecule has 2 aromatic heterocycles. The van der Waals surface area contributed by atoms with Crippen LogP contribution in [0.15, 0.2) is 59.4 Å². The predicted octanol–water partition coefficient (Wildman–Crippen LogP) is 4.07. The summed E-state index contributed by atoms with van der Waals surface area (Å²) in [6.07, 6.45) is 4.76. The zero-order chi connectivity index (χ0) is 18.6. The Balaban J connectivity index is 1.44. The van der Waals surface area contributed by atoms with Crippen molar-refractivity contribution in [3.05, 3.63) is 65.6 Å². The monoisotopic (exact) mass is 383 g/mol. The third-order valence-electron chi connectivity index (χ3n) is 4.48. The first kappa shape index (κ1) is 17.5. The van der Waals surface area contributed by atoms with E-state index >= 15 is 0 Å². The minimum absolute atomic E-state index is 0.122. The van der Waals surface area contributed by atoms with E-state index in [0.717, 1.165) is 18.4 Å². The Morgan fingerprint density at radius 3 is 2.93 bits per heavy atom. The molecule has 0 saturated carbocycles. The van der Waals surface area contributed by atoms with Gasteiger partial charge in [-0.15, -0.1) is 0 Å². The van der Waals surface area contributed by atoms with Crippen LogP contribution in [0.4, 0.5) is 0 Å². The maximum absolute atomic E-state index is 12.8. The average Bonchev–Trinajstić information content (AvgIpc) is 3.20. The molecule has 0 bridgehead atoms. The molecule has 1 atom stereocenters. The van der Waals surface area contributed by atoms with Gasteiger partial charge in [0.1, 0.15) is 16.9 Å². The van der Waals surface area contributed by atoms with Crippen molar-refractivity contribution in [2.24, 2.45) is 0 Å². The molecular weight excluding hydrogens is 366 g/mol. The summed E-state index contributed by atoms with van der Waals surface area (Å²) in [5.41, 5.74) is 1.19. The lowest BCUT2D eigenvalue weighted by atomic mass is 10.1. The molecule has 1 fully saturated rings. The minimum Gasteiger partial charge on any atom is -0.487 e. The highest BCUT2D eigenvalue weighted by atomic mass is 35.5. The van der Waals surface area contributed by atoms with E-state index in [1.54, 1.807) is 29.4 Å². The van der Waals surface area contributed by atoms with Crippen molar-refractivity contribution < 1.29 is 14.1 Å². The van der Waals surface area contributed by atoms with E-state index in [1.807, 2.05) is 30.3 Å². The SMILES string of the molecule is O=C(c1cc(-c2ccccc2)on1)N1CCC[C@@H](Oc2ccncc2Cl)C1. The van der Waals surface area contributed by atoms with E-state index < -0.39 is 0 Å². The Labute approximate surface area is 161 Å². The van der Waals surface area contributed by atoms with E-state index in [4.69, 9.17) is 20.9 Å². The van der Waals surface area contributed by atoms with Crippen molar-refractivity contribution in [3.8, 4) is 17.1 Å². The van der Waals surface area contributed by atoms with Gasteiger partial charge in [-0.05, 0) is 12.8 Å². The molecule has 3 heterocycles. The van der Waals surface area contributed by atoms with Crippen LogP contribution in [0.1, 0.15) is 23.3 Å². The van der Waals surface area contributed by atoms with Crippen LogP contribution in [0.2, 0.25) is 5.02 Å². The minimum atomic E-state index is -0.157. The summed E-state index contributed by atoms with van der Waals surface area (Å²) in [4.78, 5) is 18.5. The van der Waals surface area contributed by atoms with Gasteiger partial charge in [-0.2, -0.15) is 0 Å². The molecule has 3 aromatic rings. The second-order valence-corrected chi connectivity index (χ2v) is 6.79. The summed E-state index contributed by atoms with van der Waals surface area (Å²) < 4.78 is 11.3. The third-order valence-corrected chi connectivity index (χ3v) is 4.77. The molecule has 6 nitrogen and oxygen atoms in total. The summed E-state index contributed by atoms with van der Waals surface area (Å²) in [7, 11) is 0. The Kier molecular flexibility index (Phi) is 5.07. The number of likely N-dealkylation sites (tertiary alicyclic amines) is 1. The van der Waals surface area contributed by atoms with Gasteiger partial charge in [0.25, 0.3) is 5.91 Å². The van der Waals surface area contributed by atoms with E-state index in [2.05, 4.69) is 10.1 Å². The van der Waals surface area contributed by atoms with Crippen molar-refractivity contribution in [1.82, 2.24) is 15.0 Å². The topological polar surface area (TPSA) is 68.5 Å². The smallest absolute Gasteiger partial charge is 0.276 e. The fraction of sp³-hybridized carbons (Fsp3) is 0.250. The summed E-state index contributed by atoms with van der Waals surface area (Å²) in [5.74, 6) is 1.00. The van der Waals surface area contributed by atoms with E-state index in [0.29, 0.717) is 35.3 Å². The Morgan fingerprint density at radius 2 is 2.11 bits per heavy atom. The zero-order valence-electron chi connectivity index (χ0n) is 14.5. The highest BCUT2D eigenvalue weighted by Crippen LogP contribution is 2.26. The summed E-state index contributed by atoms with van der Waals surface area (Å²) in [6.45, 7) is 1.14. The quantitative estimate of drug-likeness (QED) is 0.679. The molecule has 0 aliphatic carbocycles. The molecule has 1 aromatic carbocycles. The molecule has 0 radical (unpaired) electrons. The number of piperidine rings is 1. The maximum atomic E-state index is 12.8. The van der Waals surface area contributed by atoms with Crippen LogP contribution in [-0.4, -0.2) is 40.1 Å². The van der Waals surface area contributed by atoms with Gasteiger partial charge in [0.2, 0.25) is 0 Å². The summed E-state index contributed by atoms with van der Waals surface area (Å²) in [5, 5.41) is 4.42. The molecule has 7 heteroatoms. The number of nitrogens with zero attached hydrogens (tertiary/aromatic N) is 3. The number of hydrogen-bond donors (Lipinski definition) is 0. The zero-order valence-corrected chi connectivity index (χ0v) is 15.3. The fourth-order valence-electron chi connectivity index (χ4n) is 3.13. The predicted molar refractivity (Wildman–Crippen MR) is 101 cm³/mol. The number of pyridine rings is 1. The molecule has 1 saturated heterocycles. The van der Waals surface area contributed by atoms with E-state index in [-0.39, 0.29) is 12.0 Å². The number of benzene rings is 1. The number of carbonyl (C=O) groups excluding carboxylic acids is 1. The number of carbonyl (C=O) groups is 1. The van der Waals surface area contributed by atoms with Crippen LogP contribution < -0.4 is 4.74 Å². The Hall–Kier alpha value is -2.86. The second-order valence-electron chi connectivity index (χ2n) is 6.38. The number of amides is 1. The van der Waals surface area contributed by atoms with Crippen LogP contribution in [0.5, 0.6) is 5.75 Å². The van der Waals surface area contributed by atoms with E-state index in [9.17, 15) is 4.79 Å². The molecule has 4 rings (SSSR count). The lowest BCUT2D eigenvalue weighted by Crippen LogP contribution is -2.44. The molecule has 0 unspecified atom stereocenters. The third kappa shape index (κ3) is 3.95. The van der Waals surface area contributed by atoms with Gasteiger partial charge >= 0.3 is 0 Å². The number of aromatic nitrogens is 2. The first-order chi connectivity index (χ1) is 13.2. The van der Waals surface area contributed by atoms with E-state index in [1.165, 1.54) is 0 Å². The molecule has 0 spiro atoms. The molecular formula is C20H18ClN3O3. The van der Waals surface area contributed by atoms with Gasteiger partial charge in [-0.1, -0.05) is 47.1 Å². The van der Waals surface area contributed by atoms with Crippen LogP contribution in [0.3, 0.4) is 0 Å². The lowest BCUT2D eigenvalue weighted by molar-refractivity contribution is 0.0529. The molecule has 1 amide bonds. The normalized spacial score (nSPS) is 16.9. The fourth-order valence-corrected chi connectivity index (χ4v) is 3.30. The number of halogens is 1. The van der Waals surface area contributed by atoms with Gasteiger partial charge in [0.05, 0.1) is 6.54 Å². The van der Waals surface area contributed by atoms with Gasteiger partial charge in [-0.3, -0.25) is 9.78 Å². The summed E-state index contributed by atoms with van der Waals surface area (Å²) >= 11 is 6.11. The first-order valence-corrected chi connectivity index (χ1v) is 9.16. The number of ether oxygens (including phenoxy) is 1. The van der Waals surface area contributed by atoms with Gasteiger partial charge < -0.3 is 14.2 Å². The molecule has 1 aliphatic heterocycles. The maximum Gasteiger partial charge on any atom is 0.276 e. The van der Waals surface area contributed by atoms with Crippen LogP contribution in [0, 0.1) is 0 Å². The Morgan fingerprint density at radius 1 is 1.26 bits per heavy atom.